The van der Waals surface area contributed by atoms with E-state index in [1.165, 1.54) is 0 Å². The zero-order chi connectivity index (χ0) is 9.03. The van der Waals surface area contributed by atoms with E-state index >= 15 is 0 Å². The summed E-state index contributed by atoms with van der Waals surface area (Å²) in [5, 5.41) is 26.8. The van der Waals surface area contributed by atoms with Crippen molar-refractivity contribution in [3.8, 4) is 0 Å². The van der Waals surface area contributed by atoms with Crippen molar-refractivity contribution in [3.63, 3.8) is 0 Å². The second kappa shape index (κ2) is 4.18. The normalized spacial score (nSPS) is 22.8. The van der Waals surface area contributed by atoms with Gasteiger partial charge in [0.05, 0.1) is 32.5 Å². The molecular formula is C8H16O4. The predicted molar refractivity (Wildman–Crippen MR) is 42.7 cm³/mol. The second-order valence-corrected chi connectivity index (χ2v) is 3.47. The molecule has 0 aromatic rings. The number of hydrogen-bond donors (Lipinski definition) is 3. The summed E-state index contributed by atoms with van der Waals surface area (Å²) in [6.07, 6.45) is 1.71. The molecule has 1 heterocycles. The van der Waals surface area contributed by atoms with E-state index in [2.05, 4.69) is 0 Å². The molecule has 1 atom stereocenters. The van der Waals surface area contributed by atoms with Gasteiger partial charge in [-0.1, -0.05) is 0 Å². The molecule has 0 spiro atoms. The second-order valence-electron chi connectivity index (χ2n) is 3.47. The van der Waals surface area contributed by atoms with Crippen LogP contribution in [0.5, 0.6) is 0 Å². The van der Waals surface area contributed by atoms with Gasteiger partial charge in [-0.05, 0) is 12.8 Å². The minimum Gasteiger partial charge on any atom is -0.396 e. The smallest absolute Gasteiger partial charge is 0.0810 e. The molecule has 1 saturated heterocycles. The van der Waals surface area contributed by atoms with Crippen LogP contribution in [0.2, 0.25) is 0 Å². The summed E-state index contributed by atoms with van der Waals surface area (Å²) in [5.74, 6) is 0. The Labute approximate surface area is 71.8 Å². The Morgan fingerprint density at radius 2 is 1.67 bits per heavy atom. The van der Waals surface area contributed by atoms with Gasteiger partial charge in [0.15, 0.2) is 0 Å². The Hall–Kier alpha value is -0.160. The lowest BCUT2D eigenvalue weighted by molar-refractivity contribution is -0.00303. The van der Waals surface area contributed by atoms with Crippen LogP contribution in [0.4, 0.5) is 0 Å². The van der Waals surface area contributed by atoms with E-state index in [9.17, 15) is 0 Å². The summed E-state index contributed by atoms with van der Waals surface area (Å²) in [4.78, 5) is 0. The molecule has 12 heavy (non-hydrogen) atoms. The molecule has 0 aromatic carbocycles. The number of ether oxygens (including phenoxy) is 1. The van der Waals surface area contributed by atoms with Gasteiger partial charge in [-0.15, -0.1) is 0 Å². The lowest BCUT2D eigenvalue weighted by Gasteiger charge is -2.26. The highest BCUT2D eigenvalue weighted by atomic mass is 16.6. The Bertz CT molecular complexity index is 121. The fourth-order valence-corrected chi connectivity index (χ4v) is 1.09. The van der Waals surface area contributed by atoms with Crippen LogP contribution in [-0.2, 0) is 4.74 Å². The van der Waals surface area contributed by atoms with Crippen molar-refractivity contribution in [2.75, 3.05) is 26.4 Å². The van der Waals surface area contributed by atoms with Crippen LogP contribution < -0.4 is 0 Å². The summed E-state index contributed by atoms with van der Waals surface area (Å²) in [7, 11) is 0. The molecule has 1 aliphatic rings. The van der Waals surface area contributed by atoms with Crippen molar-refractivity contribution >= 4 is 0 Å². The van der Waals surface area contributed by atoms with Crippen LogP contribution in [0.1, 0.15) is 12.8 Å². The summed E-state index contributed by atoms with van der Waals surface area (Å²) < 4.78 is 4.99. The molecule has 0 radical (unpaired) electrons. The van der Waals surface area contributed by atoms with E-state index in [-0.39, 0.29) is 25.9 Å². The van der Waals surface area contributed by atoms with Gasteiger partial charge in [0.2, 0.25) is 0 Å². The third-order valence-electron chi connectivity index (χ3n) is 2.41. The van der Waals surface area contributed by atoms with Crippen molar-refractivity contribution in [1.82, 2.24) is 0 Å². The molecule has 1 aliphatic heterocycles. The molecule has 0 aliphatic carbocycles. The molecule has 3 N–H and O–H groups in total. The molecule has 0 saturated carbocycles. The maximum Gasteiger partial charge on any atom is 0.0810 e. The van der Waals surface area contributed by atoms with Crippen LogP contribution in [0.15, 0.2) is 0 Å². The van der Waals surface area contributed by atoms with E-state index < -0.39 is 5.41 Å². The van der Waals surface area contributed by atoms with Crippen LogP contribution in [-0.4, -0.2) is 47.9 Å². The minimum atomic E-state index is -0.716. The lowest BCUT2D eigenvalue weighted by atomic mass is 9.85. The van der Waals surface area contributed by atoms with Gasteiger partial charge in [-0.25, -0.2) is 0 Å². The Kier molecular flexibility index (Phi) is 3.46. The highest BCUT2D eigenvalue weighted by molar-refractivity contribution is 4.80. The van der Waals surface area contributed by atoms with Gasteiger partial charge in [-0.2, -0.15) is 0 Å². The maximum atomic E-state index is 8.95. The van der Waals surface area contributed by atoms with Crippen LogP contribution in [0.25, 0.3) is 0 Å². The van der Waals surface area contributed by atoms with Gasteiger partial charge < -0.3 is 20.1 Å². The summed E-state index contributed by atoms with van der Waals surface area (Å²) in [6, 6.07) is 0. The van der Waals surface area contributed by atoms with Crippen LogP contribution in [0, 0.1) is 5.41 Å². The predicted octanol–water partition coefficient (Wildman–Crippen LogP) is -0.871. The monoisotopic (exact) mass is 176 g/mol. The first kappa shape index (κ1) is 9.92. The minimum absolute atomic E-state index is 0.174. The molecular weight excluding hydrogens is 160 g/mol. The van der Waals surface area contributed by atoms with Crippen molar-refractivity contribution in [3.05, 3.63) is 0 Å². The van der Waals surface area contributed by atoms with Crippen molar-refractivity contribution in [1.29, 1.82) is 0 Å². The van der Waals surface area contributed by atoms with Crippen molar-refractivity contribution in [2.24, 2.45) is 5.41 Å². The highest BCUT2D eigenvalue weighted by Crippen LogP contribution is 2.26. The third kappa shape index (κ3) is 2.42. The molecule has 4 heteroatoms. The number of aliphatic hydroxyl groups excluding tert-OH is 3. The zero-order valence-corrected chi connectivity index (χ0v) is 7.07. The van der Waals surface area contributed by atoms with Crippen LogP contribution in [0.3, 0.4) is 0 Å². The molecule has 1 rings (SSSR count). The Balaban J connectivity index is 2.28. The summed E-state index contributed by atoms with van der Waals surface area (Å²) >= 11 is 0. The average molecular weight is 176 g/mol. The van der Waals surface area contributed by atoms with Gasteiger partial charge in [0.1, 0.15) is 0 Å². The number of epoxide rings is 1. The molecule has 0 bridgehead atoms. The largest absolute Gasteiger partial charge is 0.396 e. The summed E-state index contributed by atoms with van der Waals surface area (Å²) in [5.41, 5.74) is -0.716. The molecule has 1 unspecified atom stereocenters. The third-order valence-corrected chi connectivity index (χ3v) is 2.41. The lowest BCUT2D eigenvalue weighted by Crippen LogP contribution is -2.34. The van der Waals surface area contributed by atoms with E-state index in [0.717, 1.165) is 13.0 Å². The van der Waals surface area contributed by atoms with Crippen molar-refractivity contribution < 1.29 is 20.1 Å². The fraction of sp³-hybridized carbons (Fsp3) is 1.00. The first-order valence-corrected chi connectivity index (χ1v) is 4.20. The first-order chi connectivity index (χ1) is 5.76. The van der Waals surface area contributed by atoms with Gasteiger partial charge in [-0.3, -0.25) is 0 Å². The first-order valence-electron chi connectivity index (χ1n) is 4.20. The van der Waals surface area contributed by atoms with E-state index in [4.69, 9.17) is 20.1 Å². The Morgan fingerprint density at radius 3 is 2.00 bits per heavy atom. The number of rotatable bonds is 6. The quantitative estimate of drug-likeness (QED) is 0.460. The molecule has 72 valence electrons. The van der Waals surface area contributed by atoms with Gasteiger partial charge >= 0.3 is 0 Å². The topological polar surface area (TPSA) is 73.2 Å². The van der Waals surface area contributed by atoms with E-state index in [1.807, 2.05) is 0 Å². The Morgan fingerprint density at radius 1 is 1.17 bits per heavy atom. The molecule has 0 amide bonds. The molecule has 0 aromatic heterocycles. The maximum absolute atomic E-state index is 8.95. The van der Waals surface area contributed by atoms with Crippen molar-refractivity contribution in [2.45, 2.75) is 18.9 Å². The number of hydrogen-bond acceptors (Lipinski definition) is 4. The SMILES string of the molecule is OCC(CO)(CO)CCC1CO1. The zero-order valence-electron chi connectivity index (χ0n) is 7.07. The van der Waals surface area contributed by atoms with E-state index in [1.54, 1.807) is 0 Å². The van der Waals surface area contributed by atoms with Gasteiger partial charge in [0.25, 0.3) is 0 Å². The highest BCUT2D eigenvalue weighted by Gasteiger charge is 2.32. The van der Waals surface area contributed by atoms with E-state index in [0.29, 0.717) is 6.42 Å². The van der Waals surface area contributed by atoms with Gasteiger partial charge in [0, 0.05) is 5.41 Å². The number of aliphatic hydroxyl groups is 3. The molecule has 4 nitrogen and oxygen atoms in total. The standard InChI is InChI=1S/C8H16O4/c9-4-8(5-10,6-11)2-1-7-3-12-7/h7,9-11H,1-6H2. The fourth-order valence-electron chi connectivity index (χ4n) is 1.09. The average Bonchev–Trinajstić information content (AvgIpc) is 2.92. The molecule has 1 fully saturated rings. The van der Waals surface area contributed by atoms with Crippen LogP contribution >= 0.6 is 0 Å². The summed E-state index contributed by atoms with van der Waals surface area (Å²) in [6.45, 7) is 0.254.